The first kappa shape index (κ1) is 29.4. The Morgan fingerprint density at radius 1 is 1.02 bits per heavy atom. The van der Waals surface area contributed by atoms with Gasteiger partial charge in [0.2, 0.25) is 0 Å². The minimum absolute atomic E-state index is 0.0330. The number of hydrogen-bond acceptors (Lipinski definition) is 6. The molecule has 2 aliphatic carbocycles. The number of rotatable bonds is 9. The number of nitrogens with one attached hydrogen (secondary N) is 2. The maximum Gasteiger partial charge on any atom is 0.573 e. The van der Waals surface area contributed by atoms with Crippen LogP contribution in [-0.2, 0) is 9.59 Å². The first-order valence-corrected chi connectivity index (χ1v) is 12.7. The lowest BCUT2D eigenvalue weighted by molar-refractivity contribution is -0.275. The van der Waals surface area contributed by atoms with E-state index < -0.39 is 53.8 Å². The Labute approximate surface area is 226 Å². The van der Waals surface area contributed by atoms with Gasteiger partial charge in [0.15, 0.2) is 24.8 Å². The molecule has 2 fully saturated rings. The van der Waals surface area contributed by atoms with Gasteiger partial charge in [-0.05, 0) is 62.3 Å². The molecule has 0 aromatic heterocycles. The highest BCUT2D eigenvalue weighted by Crippen LogP contribution is 2.43. The smallest absolute Gasteiger partial charge is 0.484 e. The molecule has 218 valence electrons. The SMILES string of the molecule is Cc1ccc(OCC(=O)NC2C[C@H](O)C3(NC(=O)COc4ccc(OC(F)(F)F)c(F)c4)CCCC2C3)cc1F. The van der Waals surface area contributed by atoms with Crippen LogP contribution in [0.25, 0.3) is 0 Å². The van der Waals surface area contributed by atoms with E-state index in [1.165, 1.54) is 6.07 Å². The monoisotopic (exact) mass is 572 g/mol. The fourth-order valence-corrected chi connectivity index (χ4v) is 5.33. The van der Waals surface area contributed by atoms with E-state index in [0.717, 1.165) is 18.6 Å². The third kappa shape index (κ3) is 7.32. The molecule has 4 rings (SSSR count). The van der Waals surface area contributed by atoms with Gasteiger partial charge in [0.1, 0.15) is 17.3 Å². The standard InChI is InChI=1S/C27H29F5N2O6/c1-15-4-5-17(9-19(15)28)38-13-24(36)33-21-11-23(35)26(8-2-3-16(21)12-26)34-25(37)14-39-18-6-7-22(20(29)10-18)40-27(30,31)32/h4-7,9-10,16,21,23,35H,2-3,8,11-14H2,1H3,(H,33,36)(H,34,37)/t16?,21?,23-,26?/m0/s1. The lowest BCUT2D eigenvalue weighted by Gasteiger charge is -2.51. The van der Waals surface area contributed by atoms with Crippen LogP contribution in [-0.4, -0.2) is 54.2 Å². The second-order valence-corrected chi connectivity index (χ2v) is 10.1. The number of benzene rings is 2. The van der Waals surface area contributed by atoms with E-state index in [1.54, 1.807) is 19.1 Å². The molecule has 8 nitrogen and oxygen atoms in total. The van der Waals surface area contributed by atoms with Crippen LogP contribution in [0.2, 0.25) is 0 Å². The van der Waals surface area contributed by atoms with Gasteiger partial charge < -0.3 is 30.0 Å². The van der Waals surface area contributed by atoms with Gasteiger partial charge in [-0.25, -0.2) is 8.78 Å². The summed E-state index contributed by atoms with van der Waals surface area (Å²) in [6.07, 6.45) is -3.52. The molecular weight excluding hydrogens is 543 g/mol. The molecule has 0 radical (unpaired) electrons. The average Bonchev–Trinajstić information content (AvgIpc) is 2.88. The van der Waals surface area contributed by atoms with Gasteiger partial charge in [-0.2, -0.15) is 0 Å². The summed E-state index contributed by atoms with van der Waals surface area (Å²) >= 11 is 0. The Kier molecular flexibility index (Phi) is 8.71. The molecular formula is C27H29F5N2O6. The molecule has 2 bridgehead atoms. The zero-order valence-corrected chi connectivity index (χ0v) is 21.5. The fraction of sp³-hybridized carbons (Fsp3) is 0.481. The number of aliphatic hydroxyl groups is 1. The van der Waals surface area contributed by atoms with Gasteiger partial charge in [-0.1, -0.05) is 12.5 Å². The summed E-state index contributed by atoms with van der Waals surface area (Å²) in [6.45, 7) is 0.722. The number of aryl methyl sites for hydroxylation is 1. The molecule has 2 amide bonds. The molecule has 2 aromatic rings. The summed E-state index contributed by atoms with van der Waals surface area (Å²) in [5, 5.41) is 16.7. The average molecular weight is 573 g/mol. The van der Waals surface area contributed by atoms with E-state index in [9.17, 15) is 36.6 Å². The quantitative estimate of drug-likeness (QED) is 0.394. The summed E-state index contributed by atoms with van der Waals surface area (Å²) in [6, 6.07) is 6.39. The number of hydrogen-bond donors (Lipinski definition) is 3. The van der Waals surface area contributed by atoms with E-state index in [0.29, 0.717) is 30.9 Å². The summed E-state index contributed by atoms with van der Waals surface area (Å²) < 4.78 is 78.7. The van der Waals surface area contributed by atoms with Crippen molar-refractivity contribution in [1.29, 1.82) is 0 Å². The maximum atomic E-state index is 13.9. The normalized spacial score (nSPS) is 24.1. The molecule has 0 aliphatic heterocycles. The Bertz CT molecular complexity index is 1240. The van der Waals surface area contributed by atoms with Gasteiger partial charge in [0.25, 0.3) is 11.8 Å². The summed E-state index contributed by atoms with van der Waals surface area (Å²) in [7, 11) is 0. The van der Waals surface area contributed by atoms with Crippen molar-refractivity contribution in [1.82, 2.24) is 10.6 Å². The first-order chi connectivity index (χ1) is 18.8. The van der Waals surface area contributed by atoms with Crippen molar-refractivity contribution in [2.24, 2.45) is 5.92 Å². The van der Waals surface area contributed by atoms with Gasteiger partial charge >= 0.3 is 6.36 Å². The van der Waals surface area contributed by atoms with Gasteiger partial charge in [-0.3, -0.25) is 9.59 Å². The zero-order chi connectivity index (χ0) is 29.1. The van der Waals surface area contributed by atoms with E-state index >= 15 is 0 Å². The molecule has 0 spiro atoms. The van der Waals surface area contributed by atoms with Crippen molar-refractivity contribution >= 4 is 11.8 Å². The van der Waals surface area contributed by atoms with Crippen LogP contribution in [0, 0.1) is 24.5 Å². The van der Waals surface area contributed by atoms with Gasteiger partial charge in [-0.15, -0.1) is 13.2 Å². The Morgan fingerprint density at radius 3 is 2.33 bits per heavy atom. The number of amides is 2. The predicted octanol–water partition coefficient (Wildman–Crippen LogP) is 3.92. The van der Waals surface area contributed by atoms with Gasteiger partial charge in [0.05, 0.1) is 11.6 Å². The van der Waals surface area contributed by atoms with Crippen LogP contribution in [0.15, 0.2) is 36.4 Å². The highest BCUT2D eigenvalue weighted by atomic mass is 19.4. The molecule has 4 atom stereocenters. The van der Waals surface area contributed by atoms with Gasteiger partial charge in [0, 0.05) is 18.2 Å². The number of alkyl halides is 3. The molecule has 3 unspecified atom stereocenters. The van der Waals surface area contributed by atoms with Crippen molar-refractivity contribution < 1.29 is 50.9 Å². The molecule has 0 heterocycles. The summed E-state index contributed by atoms with van der Waals surface area (Å²) in [5.41, 5.74) is -0.495. The molecule has 13 heteroatoms. The fourth-order valence-electron chi connectivity index (χ4n) is 5.33. The van der Waals surface area contributed by atoms with Crippen LogP contribution in [0.3, 0.4) is 0 Å². The number of halogens is 5. The maximum absolute atomic E-state index is 13.9. The molecule has 2 saturated carbocycles. The lowest BCUT2D eigenvalue weighted by Crippen LogP contribution is -2.66. The highest BCUT2D eigenvalue weighted by Gasteiger charge is 2.50. The third-order valence-electron chi connectivity index (χ3n) is 7.26. The van der Waals surface area contributed by atoms with Crippen molar-refractivity contribution in [3.05, 3.63) is 53.6 Å². The second kappa shape index (κ2) is 11.9. The number of carbonyl (C=O) groups excluding carboxylic acids is 2. The molecule has 2 aromatic carbocycles. The summed E-state index contributed by atoms with van der Waals surface area (Å²) in [4.78, 5) is 25.2. The Balaban J connectivity index is 1.29. The minimum atomic E-state index is -5.06. The van der Waals surface area contributed by atoms with Crippen LogP contribution in [0.5, 0.6) is 17.2 Å². The first-order valence-electron chi connectivity index (χ1n) is 12.7. The largest absolute Gasteiger partial charge is 0.573 e. The topological polar surface area (TPSA) is 106 Å². The van der Waals surface area contributed by atoms with E-state index in [-0.39, 0.29) is 36.5 Å². The van der Waals surface area contributed by atoms with Crippen molar-refractivity contribution in [2.45, 2.75) is 63.1 Å². The highest BCUT2D eigenvalue weighted by molar-refractivity contribution is 5.79. The van der Waals surface area contributed by atoms with Crippen LogP contribution >= 0.6 is 0 Å². The predicted molar refractivity (Wildman–Crippen MR) is 131 cm³/mol. The summed E-state index contributed by atoms with van der Waals surface area (Å²) in [5.74, 6) is -3.80. The zero-order valence-electron chi connectivity index (χ0n) is 21.5. The molecule has 0 saturated heterocycles. The van der Waals surface area contributed by atoms with Crippen molar-refractivity contribution in [3.8, 4) is 17.2 Å². The second-order valence-electron chi connectivity index (χ2n) is 10.1. The molecule has 2 aliphatic rings. The lowest BCUT2D eigenvalue weighted by atomic mass is 9.63. The van der Waals surface area contributed by atoms with E-state index in [1.807, 2.05) is 0 Å². The third-order valence-corrected chi connectivity index (χ3v) is 7.26. The minimum Gasteiger partial charge on any atom is -0.484 e. The van der Waals surface area contributed by atoms with Crippen LogP contribution in [0.4, 0.5) is 22.0 Å². The van der Waals surface area contributed by atoms with Crippen molar-refractivity contribution in [2.75, 3.05) is 13.2 Å². The van der Waals surface area contributed by atoms with Crippen molar-refractivity contribution in [3.63, 3.8) is 0 Å². The number of aliphatic hydroxyl groups excluding tert-OH is 1. The number of ether oxygens (including phenoxy) is 3. The van der Waals surface area contributed by atoms with E-state index in [2.05, 4.69) is 15.4 Å². The number of fused-ring (bicyclic) bond motifs is 2. The molecule has 3 N–H and O–H groups in total. The van der Waals surface area contributed by atoms with Crippen LogP contribution < -0.4 is 24.8 Å². The van der Waals surface area contributed by atoms with E-state index in [4.69, 9.17) is 9.47 Å². The molecule has 40 heavy (non-hydrogen) atoms. The van der Waals surface area contributed by atoms with Crippen LogP contribution in [0.1, 0.15) is 37.7 Å². The number of carbonyl (C=O) groups is 2. The Morgan fingerprint density at radius 2 is 1.68 bits per heavy atom. The Hall–Kier alpha value is -3.61.